The van der Waals surface area contributed by atoms with Gasteiger partial charge in [-0.3, -0.25) is 4.79 Å². The highest BCUT2D eigenvalue weighted by molar-refractivity contribution is 9.10. The standard InChI is InChI=1S/C24H23BrClN5OS/c1-33-17-10-8-16(9-11-17)24(32)28-13-5-4-12-27-22-14-21(18-6-2-3-7-20(18)26)30-23-19(25)15-29-31(22)23/h2-3,6-11,14-15,27H,4-5,12-13H2,1H3,(H,28,32). The fourth-order valence-corrected chi connectivity index (χ4v) is 4.37. The lowest BCUT2D eigenvalue weighted by Crippen LogP contribution is -2.24. The third-order valence-corrected chi connectivity index (χ3v) is 6.76. The maximum absolute atomic E-state index is 12.3. The molecular weight excluding hydrogens is 522 g/mol. The van der Waals surface area contributed by atoms with Crippen LogP contribution in [-0.2, 0) is 0 Å². The van der Waals surface area contributed by atoms with E-state index in [-0.39, 0.29) is 5.91 Å². The van der Waals surface area contributed by atoms with Crippen LogP contribution in [-0.4, -0.2) is 39.9 Å². The normalized spacial score (nSPS) is 11.0. The molecule has 0 fully saturated rings. The van der Waals surface area contributed by atoms with E-state index in [1.165, 1.54) is 0 Å². The van der Waals surface area contributed by atoms with Crippen LogP contribution in [0.4, 0.5) is 5.82 Å². The third-order valence-electron chi connectivity index (χ3n) is 5.13. The molecule has 4 aromatic rings. The number of fused-ring (bicyclic) bond motifs is 1. The molecule has 0 aliphatic carbocycles. The lowest BCUT2D eigenvalue weighted by molar-refractivity contribution is 0.0953. The van der Waals surface area contributed by atoms with Gasteiger partial charge in [0.2, 0.25) is 0 Å². The molecule has 6 nitrogen and oxygen atoms in total. The lowest BCUT2D eigenvalue weighted by Gasteiger charge is -2.12. The van der Waals surface area contributed by atoms with Crippen molar-refractivity contribution in [2.75, 3.05) is 24.7 Å². The molecule has 0 unspecified atom stereocenters. The van der Waals surface area contributed by atoms with Crippen LogP contribution in [0, 0.1) is 0 Å². The molecule has 0 saturated carbocycles. The van der Waals surface area contributed by atoms with Crippen molar-refractivity contribution in [2.45, 2.75) is 17.7 Å². The summed E-state index contributed by atoms with van der Waals surface area (Å²) >= 11 is 11.6. The molecule has 0 saturated heterocycles. The molecule has 33 heavy (non-hydrogen) atoms. The van der Waals surface area contributed by atoms with Gasteiger partial charge >= 0.3 is 0 Å². The van der Waals surface area contributed by atoms with Crippen LogP contribution in [0.5, 0.6) is 0 Å². The summed E-state index contributed by atoms with van der Waals surface area (Å²) in [4.78, 5) is 18.1. The first kappa shape index (κ1) is 23.6. The topological polar surface area (TPSA) is 71.3 Å². The highest BCUT2D eigenvalue weighted by Gasteiger charge is 2.13. The average Bonchev–Trinajstić information content (AvgIpc) is 3.22. The number of nitrogens with zero attached hydrogens (tertiary/aromatic N) is 3. The van der Waals surface area contributed by atoms with Crippen molar-refractivity contribution in [3.05, 3.63) is 75.9 Å². The number of aromatic nitrogens is 3. The largest absolute Gasteiger partial charge is 0.370 e. The molecule has 0 atom stereocenters. The number of nitrogens with one attached hydrogen (secondary N) is 2. The van der Waals surface area contributed by atoms with Gasteiger partial charge in [-0.2, -0.15) is 9.61 Å². The van der Waals surface area contributed by atoms with E-state index in [4.69, 9.17) is 16.6 Å². The summed E-state index contributed by atoms with van der Waals surface area (Å²) in [6.45, 7) is 1.35. The van der Waals surface area contributed by atoms with Gasteiger partial charge < -0.3 is 10.6 Å². The van der Waals surface area contributed by atoms with Crippen molar-refractivity contribution < 1.29 is 4.79 Å². The van der Waals surface area contributed by atoms with Gasteiger partial charge in [0.1, 0.15) is 5.82 Å². The Bertz CT molecular complexity index is 1260. The number of amides is 1. The van der Waals surface area contributed by atoms with E-state index < -0.39 is 0 Å². The van der Waals surface area contributed by atoms with Gasteiger partial charge in [-0.1, -0.05) is 29.8 Å². The molecule has 2 aromatic carbocycles. The van der Waals surface area contributed by atoms with Crippen LogP contribution in [0.1, 0.15) is 23.2 Å². The molecule has 0 aliphatic heterocycles. The number of hydrogen-bond acceptors (Lipinski definition) is 5. The van der Waals surface area contributed by atoms with Gasteiger partial charge in [0.05, 0.1) is 16.4 Å². The molecule has 0 aliphatic rings. The van der Waals surface area contributed by atoms with E-state index in [0.29, 0.717) is 17.1 Å². The van der Waals surface area contributed by atoms with Crippen LogP contribution in [0.25, 0.3) is 16.9 Å². The Morgan fingerprint density at radius 2 is 1.88 bits per heavy atom. The maximum Gasteiger partial charge on any atom is 0.251 e. The number of thioether (sulfide) groups is 1. The summed E-state index contributed by atoms with van der Waals surface area (Å²) in [5.74, 6) is 0.788. The van der Waals surface area contributed by atoms with Crippen molar-refractivity contribution in [3.8, 4) is 11.3 Å². The number of hydrogen-bond donors (Lipinski definition) is 2. The van der Waals surface area contributed by atoms with Crippen molar-refractivity contribution in [2.24, 2.45) is 0 Å². The number of anilines is 1. The molecule has 0 spiro atoms. The number of carbonyl (C=O) groups is 1. The predicted molar refractivity (Wildman–Crippen MR) is 139 cm³/mol. The molecule has 9 heteroatoms. The Balaban J connectivity index is 1.34. The molecule has 2 heterocycles. The van der Waals surface area contributed by atoms with E-state index >= 15 is 0 Å². The number of carbonyl (C=O) groups excluding carboxylic acids is 1. The van der Waals surface area contributed by atoms with E-state index in [1.54, 1.807) is 22.5 Å². The Hall–Kier alpha value is -2.55. The summed E-state index contributed by atoms with van der Waals surface area (Å²) in [6, 6.07) is 17.2. The first-order valence-electron chi connectivity index (χ1n) is 10.5. The number of unbranched alkanes of at least 4 members (excludes halogenated alkanes) is 1. The third kappa shape index (κ3) is 5.69. The minimum Gasteiger partial charge on any atom is -0.370 e. The molecule has 4 rings (SSSR count). The molecule has 2 aromatic heterocycles. The van der Waals surface area contributed by atoms with Crippen LogP contribution < -0.4 is 10.6 Å². The van der Waals surface area contributed by atoms with Crippen LogP contribution >= 0.6 is 39.3 Å². The highest BCUT2D eigenvalue weighted by Crippen LogP contribution is 2.30. The Morgan fingerprint density at radius 3 is 2.64 bits per heavy atom. The quantitative estimate of drug-likeness (QED) is 0.195. The number of halogens is 2. The average molecular weight is 545 g/mol. The fraction of sp³-hybridized carbons (Fsp3) is 0.208. The van der Waals surface area contributed by atoms with Crippen molar-refractivity contribution >= 4 is 56.7 Å². The second-order valence-electron chi connectivity index (χ2n) is 7.35. The molecule has 170 valence electrons. The minimum atomic E-state index is -0.0442. The highest BCUT2D eigenvalue weighted by atomic mass is 79.9. The number of benzene rings is 2. The van der Waals surface area contributed by atoms with Crippen molar-refractivity contribution in [3.63, 3.8) is 0 Å². The zero-order valence-corrected chi connectivity index (χ0v) is 21.2. The monoisotopic (exact) mass is 543 g/mol. The molecule has 2 N–H and O–H groups in total. The first-order valence-corrected chi connectivity index (χ1v) is 12.9. The predicted octanol–water partition coefficient (Wildman–Crippen LogP) is 6.16. The zero-order chi connectivity index (χ0) is 23.2. The first-order chi connectivity index (χ1) is 16.1. The van der Waals surface area contributed by atoms with Gasteiger partial charge in [-0.05, 0) is 65.4 Å². The van der Waals surface area contributed by atoms with Gasteiger partial charge in [0, 0.05) is 40.2 Å². The maximum atomic E-state index is 12.3. The molecular formula is C24H23BrClN5OS. The second-order valence-corrected chi connectivity index (χ2v) is 9.49. The van der Waals surface area contributed by atoms with Gasteiger partial charge in [-0.15, -0.1) is 11.8 Å². The molecule has 0 radical (unpaired) electrons. The smallest absolute Gasteiger partial charge is 0.251 e. The van der Waals surface area contributed by atoms with Crippen LogP contribution in [0.2, 0.25) is 5.02 Å². The van der Waals surface area contributed by atoms with E-state index in [2.05, 4.69) is 31.7 Å². The number of rotatable bonds is 9. The summed E-state index contributed by atoms with van der Waals surface area (Å²) in [5.41, 5.74) is 3.04. The van der Waals surface area contributed by atoms with Crippen molar-refractivity contribution in [1.29, 1.82) is 0 Å². The van der Waals surface area contributed by atoms with Gasteiger partial charge in [0.15, 0.2) is 5.65 Å². The summed E-state index contributed by atoms with van der Waals surface area (Å²) in [5, 5.41) is 11.5. The van der Waals surface area contributed by atoms with E-state index in [1.807, 2.05) is 60.9 Å². The van der Waals surface area contributed by atoms with Gasteiger partial charge in [0.25, 0.3) is 5.91 Å². The van der Waals surface area contributed by atoms with Gasteiger partial charge in [-0.25, -0.2) is 4.98 Å². The molecule has 0 bridgehead atoms. The second kappa shape index (κ2) is 11.0. The fourth-order valence-electron chi connectivity index (χ4n) is 3.38. The Kier molecular flexibility index (Phi) is 7.90. The Morgan fingerprint density at radius 1 is 1.12 bits per heavy atom. The van der Waals surface area contributed by atoms with Crippen LogP contribution in [0.15, 0.2) is 70.2 Å². The Labute approximate surface area is 210 Å². The van der Waals surface area contributed by atoms with E-state index in [0.717, 1.165) is 51.5 Å². The zero-order valence-electron chi connectivity index (χ0n) is 18.0. The van der Waals surface area contributed by atoms with Crippen molar-refractivity contribution in [1.82, 2.24) is 19.9 Å². The summed E-state index contributed by atoms with van der Waals surface area (Å²) in [7, 11) is 0. The van der Waals surface area contributed by atoms with Crippen LogP contribution in [0.3, 0.4) is 0 Å². The minimum absolute atomic E-state index is 0.0442. The molecule has 1 amide bonds. The van der Waals surface area contributed by atoms with E-state index in [9.17, 15) is 4.79 Å². The summed E-state index contributed by atoms with van der Waals surface area (Å²) < 4.78 is 2.58. The SMILES string of the molecule is CSc1ccc(C(=O)NCCCCNc2cc(-c3ccccc3Cl)nc3c(Br)cnn23)cc1. The lowest BCUT2D eigenvalue weighted by atomic mass is 10.1. The summed E-state index contributed by atoms with van der Waals surface area (Å²) in [6.07, 6.45) is 5.49.